The highest BCUT2D eigenvalue weighted by Crippen LogP contribution is 2.34. The highest BCUT2D eigenvalue weighted by molar-refractivity contribution is 6.36. The van der Waals surface area contributed by atoms with Crippen molar-refractivity contribution in [1.29, 1.82) is 0 Å². The Morgan fingerprint density at radius 3 is 2.34 bits per heavy atom. The van der Waals surface area contributed by atoms with Crippen LogP contribution in [0.3, 0.4) is 0 Å². The minimum Gasteiger partial charge on any atom is -0.493 e. The number of nitrogens with one attached hydrogen (secondary N) is 1. The molecule has 2 aromatic carbocycles. The van der Waals surface area contributed by atoms with Crippen LogP contribution in [0, 0.1) is 0 Å². The number of rotatable bonds is 7. The van der Waals surface area contributed by atoms with Crippen LogP contribution in [-0.4, -0.2) is 35.9 Å². The Balaban J connectivity index is 1.74. The van der Waals surface area contributed by atoms with E-state index in [-0.39, 0.29) is 17.8 Å². The zero-order valence-corrected chi connectivity index (χ0v) is 18.2. The van der Waals surface area contributed by atoms with Crippen LogP contribution in [0.15, 0.2) is 72.6 Å². The Hall–Kier alpha value is -3.84. The van der Waals surface area contributed by atoms with Crippen molar-refractivity contribution in [1.82, 2.24) is 9.88 Å². The lowest BCUT2D eigenvalue weighted by Gasteiger charge is -2.15. The van der Waals surface area contributed by atoms with Crippen LogP contribution < -0.4 is 14.8 Å². The fourth-order valence-corrected chi connectivity index (χ4v) is 3.56. The van der Waals surface area contributed by atoms with Gasteiger partial charge in [-0.2, -0.15) is 0 Å². The van der Waals surface area contributed by atoms with Gasteiger partial charge in [0.15, 0.2) is 11.5 Å². The van der Waals surface area contributed by atoms with E-state index < -0.39 is 11.8 Å². The molecule has 0 saturated heterocycles. The molecule has 4 rings (SSSR count). The van der Waals surface area contributed by atoms with Crippen LogP contribution in [0.5, 0.6) is 11.5 Å². The first-order valence-corrected chi connectivity index (χ1v) is 10.1. The molecule has 0 aliphatic carbocycles. The normalized spacial score (nSPS) is 13.5. The molecule has 0 saturated carbocycles. The molecule has 32 heavy (non-hydrogen) atoms. The second-order valence-corrected chi connectivity index (χ2v) is 7.41. The molecule has 1 aliphatic rings. The van der Waals surface area contributed by atoms with Gasteiger partial charge in [-0.05, 0) is 42.0 Å². The topological polar surface area (TPSA) is 80.8 Å². The van der Waals surface area contributed by atoms with Gasteiger partial charge in [-0.15, -0.1) is 0 Å². The van der Waals surface area contributed by atoms with Crippen molar-refractivity contribution in [3.63, 3.8) is 0 Å². The van der Waals surface area contributed by atoms with Crippen molar-refractivity contribution >= 4 is 34.7 Å². The van der Waals surface area contributed by atoms with Crippen LogP contribution >= 0.6 is 11.6 Å². The monoisotopic (exact) mass is 449 g/mol. The predicted octanol–water partition coefficient (Wildman–Crippen LogP) is 4.14. The summed E-state index contributed by atoms with van der Waals surface area (Å²) in [4.78, 5) is 32.1. The van der Waals surface area contributed by atoms with Crippen molar-refractivity contribution in [3.8, 4) is 11.5 Å². The van der Waals surface area contributed by atoms with Gasteiger partial charge in [-0.3, -0.25) is 19.5 Å². The highest BCUT2D eigenvalue weighted by atomic mass is 35.5. The van der Waals surface area contributed by atoms with Gasteiger partial charge in [0.25, 0.3) is 11.8 Å². The number of benzene rings is 2. The predicted molar refractivity (Wildman–Crippen MR) is 121 cm³/mol. The van der Waals surface area contributed by atoms with Crippen molar-refractivity contribution < 1.29 is 19.1 Å². The molecule has 7 nitrogen and oxygen atoms in total. The Morgan fingerprint density at radius 2 is 1.69 bits per heavy atom. The van der Waals surface area contributed by atoms with E-state index in [1.54, 1.807) is 67.9 Å². The van der Waals surface area contributed by atoms with Crippen molar-refractivity contribution in [2.75, 3.05) is 19.5 Å². The van der Waals surface area contributed by atoms with E-state index in [1.165, 1.54) is 12.0 Å². The van der Waals surface area contributed by atoms with Crippen LogP contribution in [0.4, 0.5) is 5.69 Å². The molecule has 0 fully saturated rings. The van der Waals surface area contributed by atoms with Gasteiger partial charge < -0.3 is 14.8 Å². The molecule has 2 heterocycles. The molecule has 0 bridgehead atoms. The Kier molecular flexibility index (Phi) is 6.09. The third kappa shape index (κ3) is 4.15. The standard InChI is InChI=1S/C24H20ClN3O4/c1-31-19-11-10-17(13-20(19)32-2)27-22-21(15-6-8-16(25)9-7-15)23(29)28(24(22)30)14-18-5-3-4-12-26-18/h3-13,27H,14H2,1-2H3. The number of hydrogen-bond acceptors (Lipinski definition) is 6. The number of anilines is 1. The molecule has 0 radical (unpaired) electrons. The maximum atomic E-state index is 13.3. The fraction of sp³-hybridized carbons (Fsp3) is 0.125. The molecule has 162 valence electrons. The number of halogens is 1. The molecule has 0 atom stereocenters. The largest absolute Gasteiger partial charge is 0.493 e. The third-order valence-electron chi connectivity index (χ3n) is 5.00. The molecule has 0 spiro atoms. The number of methoxy groups -OCH3 is 2. The lowest BCUT2D eigenvalue weighted by Crippen LogP contribution is -2.32. The van der Waals surface area contributed by atoms with Gasteiger partial charge in [0.05, 0.1) is 32.0 Å². The van der Waals surface area contributed by atoms with E-state index in [2.05, 4.69) is 10.3 Å². The summed E-state index contributed by atoms with van der Waals surface area (Å²) in [6.07, 6.45) is 1.62. The average Bonchev–Trinajstić information content (AvgIpc) is 3.04. The first-order valence-electron chi connectivity index (χ1n) is 9.77. The van der Waals surface area contributed by atoms with E-state index in [1.807, 2.05) is 6.07 Å². The molecule has 1 aliphatic heterocycles. The maximum Gasteiger partial charge on any atom is 0.278 e. The van der Waals surface area contributed by atoms with E-state index in [9.17, 15) is 9.59 Å². The lowest BCUT2D eigenvalue weighted by atomic mass is 10.0. The molecule has 1 aromatic heterocycles. The summed E-state index contributed by atoms with van der Waals surface area (Å²) < 4.78 is 10.6. The number of carbonyl (C=O) groups is 2. The van der Waals surface area contributed by atoms with Crippen molar-refractivity contribution in [2.24, 2.45) is 0 Å². The number of pyridine rings is 1. The zero-order valence-electron chi connectivity index (χ0n) is 17.5. The molecule has 1 N–H and O–H groups in total. The summed E-state index contributed by atoms with van der Waals surface area (Å²) >= 11 is 6.02. The summed E-state index contributed by atoms with van der Waals surface area (Å²) in [5, 5.41) is 3.64. The summed E-state index contributed by atoms with van der Waals surface area (Å²) in [5.41, 5.74) is 2.19. The molecule has 0 unspecified atom stereocenters. The highest BCUT2D eigenvalue weighted by Gasteiger charge is 2.39. The Morgan fingerprint density at radius 1 is 0.938 bits per heavy atom. The van der Waals surface area contributed by atoms with Gasteiger partial charge in [-0.1, -0.05) is 29.8 Å². The first kappa shape index (κ1) is 21.4. The van der Waals surface area contributed by atoms with Crippen LogP contribution in [0.1, 0.15) is 11.3 Å². The molecular weight excluding hydrogens is 430 g/mol. The maximum absolute atomic E-state index is 13.3. The zero-order chi connectivity index (χ0) is 22.7. The molecule has 3 aromatic rings. The smallest absolute Gasteiger partial charge is 0.278 e. The second kappa shape index (κ2) is 9.11. The number of nitrogens with zero attached hydrogens (tertiary/aromatic N) is 2. The van der Waals surface area contributed by atoms with E-state index in [4.69, 9.17) is 21.1 Å². The summed E-state index contributed by atoms with van der Waals surface area (Å²) in [7, 11) is 3.07. The van der Waals surface area contributed by atoms with Crippen LogP contribution in [-0.2, 0) is 16.1 Å². The van der Waals surface area contributed by atoms with Crippen LogP contribution in [0.25, 0.3) is 5.57 Å². The van der Waals surface area contributed by atoms with E-state index >= 15 is 0 Å². The number of aromatic nitrogens is 1. The van der Waals surface area contributed by atoms with Crippen molar-refractivity contribution in [3.05, 3.63) is 88.8 Å². The van der Waals surface area contributed by atoms with Gasteiger partial charge in [0, 0.05) is 23.0 Å². The SMILES string of the molecule is COc1ccc(NC2=C(c3ccc(Cl)cc3)C(=O)N(Cc3ccccn3)C2=O)cc1OC. The average molecular weight is 450 g/mol. The Labute approximate surface area is 190 Å². The van der Waals surface area contributed by atoms with E-state index in [0.29, 0.717) is 33.5 Å². The first-order chi connectivity index (χ1) is 15.5. The lowest BCUT2D eigenvalue weighted by molar-refractivity contribution is -0.137. The minimum atomic E-state index is -0.444. The van der Waals surface area contributed by atoms with Crippen molar-refractivity contribution in [2.45, 2.75) is 6.54 Å². The Bertz CT molecular complexity index is 1190. The van der Waals surface area contributed by atoms with Gasteiger partial charge in [0.1, 0.15) is 5.70 Å². The number of hydrogen-bond donors (Lipinski definition) is 1. The number of imide groups is 1. The van der Waals surface area contributed by atoms with Crippen LogP contribution in [0.2, 0.25) is 5.02 Å². The molecule has 8 heteroatoms. The fourth-order valence-electron chi connectivity index (χ4n) is 3.43. The van der Waals surface area contributed by atoms with Gasteiger partial charge >= 0.3 is 0 Å². The number of carbonyl (C=O) groups excluding carboxylic acids is 2. The summed E-state index contributed by atoms with van der Waals surface area (Å²) in [6.45, 7) is 0.0622. The third-order valence-corrected chi connectivity index (χ3v) is 5.25. The second-order valence-electron chi connectivity index (χ2n) is 6.97. The quantitative estimate of drug-likeness (QED) is 0.546. The number of amides is 2. The summed E-state index contributed by atoms with van der Waals surface area (Å²) in [5.74, 6) is 0.190. The summed E-state index contributed by atoms with van der Waals surface area (Å²) in [6, 6.07) is 17.3. The minimum absolute atomic E-state index is 0.0622. The van der Waals surface area contributed by atoms with E-state index in [0.717, 1.165) is 0 Å². The van der Waals surface area contributed by atoms with Gasteiger partial charge in [-0.25, -0.2) is 0 Å². The van der Waals surface area contributed by atoms with Gasteiger partial charge in [0.2, 0.25) is 0 Å². The molecular formula is C24H20ClN3O4. The number of ether oxygens (including phenoxy) is 2. The molecule has 2 amide bonds.